The van der Waals surface area contributed by atoms with Crippen LogP contribution < -0.4 is 0 Å². The van der Waals surface area contributed by atoms with Gasteiger partial charge in [-0.3, -0.25) is 4.79 Å². The van der Waals surface area contributed by atoms with Crippen molar-refractivity contribution in [3.63, 3.8) is 0 Å². The van der Waals surface area contributed by atoms with Crippen LogP contribution in [0.15, 0.2) is 0 Å². The molecule has 0 aromatic rings. The van der Waals surface area contributed by atoms with Crippen molar-refractivity contribution in [3.05, 3.63) is 0 Å². The summed E-state index contributed by atoms with van der Waals surface area (Å²) in [7, 11) is 0. The van der Waals surface area contributed by atoms with Gasteiger partial charge in [0.15, 0.2) is 0 Å². The number of rotatable bonds is 1. The lowest BCUT2D eigenvalue weighted by atomic mass is 9.99. The highest BCUT2D eigenvalue weighted by molar-refractivity contribution is 5.79. The van der Waals surface area contributed by atoms with E-state index in [2.05, 4.69) is 6.92 Å². The van der Waals surface area contributed by atoms with E-state index in [0.717, 1.165) is 39.1 Å². The minimum absolute atomic E-state index is 0.244. The predicted molar refractivity (Wildman–Crippen MR) is 53.9 cm³/mol. The molecule has 3 heteroatoms. The van der Waals surface area contributed by atoms with Crippen LogP contribution in [0, 0.1) is 11.8 Å². The summed E-state index contributed by atoms with van der Waals surface area (Å²) >= 11 is 0. The molecule has 0 bridgehead atoms. The van der Waals surface area contributed by atoms with E-state index in [1.165, 1.54) is 6.42 Å². The Kier molecular flexibility index (Phi) is 3.06. The first kappa shape index (κ1) is 9.97. The van der Waals surface area contributed by atoms with Gasteiger partial charge in [0.2, 0.25) is 5.91 Å². The zero-order valence-electron chi connectivity index (χ0n) is 8.87. The van der Waals surface area contributed by atoms with Crippen molar-refractivity contribution in [1.82, 2.24) is 4.90 Å². The third-order valence-corrected chi connectivity index (χ3v) is 3.31. The van der Waals surface area contributed by atoms with Crippen molar-refractivity contribution < 1.29 is 9.53 Å². The van der Waals surface area contributed by atoms with Crippen LogP contribution in [-0.4, -0.2) is 37.1 Å². The molecule has 0 aliphatic carbocycles. The van der Waals surface area contributed by atoms with E-state index in [1.807, 2.05) is 4.90 Å². The van der Waals surface area contributed by atoms with Crippen molar-refractivity contribution in [2.75, 3.05) is 26.3 Å². The Balaban J connectivity index is 1.87. The van der Waals surface area contributed by atoms with E-state index in [9.17, 15) is 4.79 Å². The maximum Gasteiger partial charge on any atom is 0.225 e. The van der Waals surface area contributed by atoms with Gasteiger partial charge in [0.25, 0.3) is 0 Å². The molecule has 0 spiro atoms. The molecule has 2 aliphatic rings. The monoisotopic (exact) mass is 197 g/mol. The van der Waals surface area contributed by atoms with Crippen LogP contribution in [-0.2, 0) is 9.53 Å². The number of carbonyl (C=O) groups excluding carboxylic acids is 1. The molecule has 0 aromatic carbocycles. The molecule has 0 aromatic heterocycles. The molecular formula is C11H19NO2. The first-order valence-electron chi connectivity index (χ1n) is 5.64. The van der Waals surface area contributed by atoms with Crippen molar-refractivity contribution in [3.8, 4) is 0 Å². The van der Waals surface area contributed by atoms with Gasteiger partial charge in [-0.1, -0.05) is 6.92 Å². The van der Waals surface area contributed by atoms with Gasteiger partial charge in [-0.25, -0.2) is 0 Å². The van der Waals surface area contributed by atoms with Gasteiger partial charge >= 0.3 is 0 Å². The third kappa shape index (κ3) is 2.08. The van der Waals surface area contributed by atoms with Crippen LogP contribution in [0.4, 0.5) is 0 Å². The Bertz CT molecular complexity index is 205. The van der Waals surface area contributed by atoms with Gasteiger partial charge < -0.3 is 9.64 Å². The molecular weight excluding hydrogens is 178 g/mol. The van der Waals surface area contributed by atoms with Crippen LogP contribution in [0.2, 0.25) is 0 Å². The quantitative estimate of drug-likeness (QED) is 0.633. The smallest absolute Gasteiger partial charge is 0.225 e. The summed E-state index contributed by atoms with van der Waals surface area (Å²) in [6, 6.07) is 0. The van der Waals surface area contributed by atoms with Gasteiger partial charge in [-0.05, 0) is 25.2 Å². The Labute approximate surface area is 85.4 Å². The summed E-state index contributed by atoms with van der Waals surface area (Å²) in [5.74, 6) is 1.31. The molecule has 14 heavy (non-hydrogen) atoms. The molecule has 2 rings (SSSR count). The van der Waals surface area contributed by atoms with E-state index >= 15 is 0 Å². The number of likely N-dealkylation sites (tertiary alicyclic amines) is 1. The Hall–Kier alpha value is -0.570. The summed E-state index contributed by atoms with van der Waals surface area (Å²) in [5.41, 5.74) is 0. The highest BCUT2D eigenvalue weighted by atomic mass is 16.5. The van der Waals surface area contributed by atoms with Crippen LogP contribution >= 0.6 is 0 Å². The lowest BCUT2D eigenvalue weighted by molar-refractivity contribution is -0.137. The maximum atomic E-state index is 12.0. The van der Waals surface area contributed by atoms with Crippen molar-refractivity contribution in [2.45, 2.75) is 26.2 Å². The number of hydrogen-bond donors (Lipinski definition) is 0. The molecule has 0 N–H and O–H groups in total. The first-order valence-corrected chi connectivity index (χ1v) is 5.64. The highest BCUT2D eigenvalue weighted by Gasteiger charge is 2.29. The lowest BCUT2D eigenvalue weighted by Crippen LogP contribution is -2.36. The molecule has 0 radical (unpaired) electrons. The van der Waals surface area contributed by atoms with Gasteiger partial charge in [-0.2, -0.15) is 0 Å². The average Bonchev–Trinajstić information content (AvgIpc) is 2.65. The molecule has 2 saturated heterocycles. The van der Waals surface area contributed by atoms with Gasteiger partial charge in [0.05, 0.1) is 0 Å². The summed E-state index contributed by atoms with van der Waals surface area (Å²) in [4.78, 5) is 14.1. The fraction of sp³-hybridized carbons (Fsp3) is 0.909. The second-order valence-electron chi connectivity index (χ2n) is 4.56. The summed E-state index contributed by atoms with van der Waals surface area (Å²) in [5, 5.41) is 0. The molecule has 1 amide bonds. The van der Waals surface area contributed by atoms with E-state index in [1.54, 1.807) is 0 Å². The maximum absolute atomic E-state index is 12.0. The molecule has 0 unspecified atom stereocenters. The Morgan fingerprint density at radius 2 is 2.00 bits per heavy atom. The van der Waals surface area contributed by atoms with Crippen LogP contribution in [0.25, 0.3) is 0 Å². The number of carbonyl (C=O) groups is 1. The fourth-order valence-corrected chi connectivity index (χ4v) is 2.34. The van der Waals surface area contributed by atoms with Crippen LogP contribution in [0.3, 0.4) is 0 Å². The van der Waals surface area contributed by atoms with E-state index in [-0.39, 0.29) is 5.92 Å². The third-order valence-electron chi connectivity index (χ3n) is 3.31. The van der Waals surface area contributed by atoms with Crippen LogP contribution in [0.1, 0.15) is 26.2 Å². The van der Waals surface area contributed by atoms with E-state index in [0.29, 0.717) is 11.8 Å². The molecule has 2 fully saturated rings. The SMILES string of the molecule is C[C@@H]1CCN(C(=O)C2CCOCC2)C1. The number of ether oxygens (including phenoxy) is 1. The molecule has 3 nitrogen and oxygen atoms in total. The molecule has 0 saturated carbocycles. The minimum atomic E-state index is 0.244. The zero-order valence-corrected chi connectivity index (χ0v) is 8.87. The van der Waals surface area contributed by atoms with E-state index < -0.39 is 0 Å². The Morgan fingerprint density at radius 1 is 1.29 bits per heavy atom. The van der Waals surface area contributed by atoms with Gasteiger partial charge in [-0.15, -0.1) is 0 Å². The fourth-order valence-electron chi connectivity index (χ4n) is 2.34. The van der Waals surface area contributed by atoms with Gasteiger partial charge in [0.1, 0.15) is 0 Å². The normalized spacial score (nSPS) is 29.5. The topological polar surface area (TPSA) is 29.5 Å². The predicted octanol–water partition coefficient (Wildman–Crippen LogP) is 1.28. The van der Waals surface area contributed by atoms with E-state index in [4.69, 9.17) is 4.74 Å². The molecule has 80 valence electrons. The summed E-state index contributed by atoms with van der Waals surface area (Å²) in [6.07, 6.45) is 3.02. The molecule has 2 aliphatic heterocycles. The summed E-state index contributed by atoms with van der Waals surface area (Å²) < 4.78 is 5.26. The zero-order chi connectivity index (χ0) is 9.97. The second-order valence-corrected chi connectivity index (χ2v) is 4.56. The lowest BCUT2D eigenvalue weighted by Gasteiger charge is -2.26. The first-order chi connectivity index (χ1) is 6.77. The minimum Gasteiger partial charge on any atom is -0.381 e. The summed E-state index contributed by atoms with van der Waals surface area (Å²) in [6.45, 7) is 5.68. The largest absolute Gasteiger partial charge is 0.381 e. The second kappa shape index (κ2) is 4.30. The average molecular weight is 197 g/mol. The number of amides is 1. The standard InChI is InChI=1S/C11H19NO2/c1-9-2-5-12(8-9)11(13)10-3-6-14-7-4-10/h9-10H,2-8H2,1H3/t9-/m1/s1. The van der Waals surface area contributed by atoms with Gasteiger partial charge in [0, 0.05) is 32.2 Å². The Morgan fingerprint density at radius 3 is 2.57 bits per heavy atom. The number of hydrogen-bond acceptors (Lipinski definition) is 2. The molecule has 2 heterocycles. The molecule has 1 atom stereocenters. The number of nitrogens with zero attached hydrogens (tertiary/aromatic N) is 1. The van der Waals surface area contributed by atoms with Crippen molar-refractivity contribution >= 4 is 5.91 Å². The van der Waals surface area contributed by atoms with Crippen LogP contribution in [0.5, 0.6) is 0 Å². The highest BCUT2D eigenvalue weighted by Crippen LogP contribution is 2.22. The van der Waals surface area contributed by atoms with Crippen molar-refractivity contribution in [2.24, 2.45) is 11.8 Å². The van der Waals surface area contributed by atoms with Crippen molar-refractivity contribution in [1.29, 1.82) is 0 Å².